The Bertz CT molecular complexity index is 703. The largest absolute Gasteiger partial charge is 0.338 e. The molecule has 3 heterocycles. The molecule has 2 aliphatic rings. The van der Waals surface area contributed by atoms with Gasteiger partial charge in [-0.2, -0.15) is 0 Å². The van der Waals surface area contributed by atoms with Crippen LogP contribution in [0.4, 0.5) is 4.79 Å². The van der Waals surface area contributed by atoms with Crippen LogP contribution >= 0.6 is 0 Å². The lowest BCUT2D eigenvalue weighted by molar-refractivity contribution is 0.165. The molecule has 0 aliphatic carbocycles. The number of nitrogens with one attached hydrogen (secondary N) is 1. The van der Waals surface area contributed by atoms with Crippen LogP contribution in [0.15, 0.2) is 42.9 Å². The number of carbonyl (C=O) groups is 1. The molecule has 5 heteroatoms. The lowest BCUT2D eigenvalue weighted by Gasteiger charge is -2.35. The summed E-state index contributed by atoms with van der Waals surface area (Å²) in [6, 6.07) is 10.7. The molecule has 23 heavy (non-hydrogen) atoms. The van der Waals surface area contributed by atoms with Gasteiger partial charge in [-0.15, -0.1) is 0 Å². The summed E-state index contributed by atoms with van der Waals surface area (Å²) >= 11 is 0. The highest BCUT2D eigenvalue weighted by Crippen LogP contribution is 2.42. The van der Waals surface area contributed by atoms with Crippen molar-refractivity contribution in [3.05, 3.63) is 59.7 Å². The third-order valence-electron chi connectivity index (χ3n) is 4.88. The summed E-state index contributed by atoms with van der Waals surface area (Å²) in [5, 5.41) is 3.08. The number of carbonyl (C=O) groups excluding carboxylic acids is 1. The Kier molecular flexibility index (Phi) is 3.69. The summed E-state index contributed by atoms with van der Waals surface area (Å²) in [7, 11) is 0. The van der Waals surface area contributed by atoms with Crippen LogP contribution in [0.2, 0.25) is 0 Å². The second-order valence-electron chi connectivity index (χ2n) is 6.25. The average molecular weight is 308 g/mol. The molecule has 2 bridgehead atoms. The second kappa shape index (κ2) is 5.99. The molecule has 2 atom stereocenters. The van der Waals surface area contributed by atoms with Gasteiger partial charge in [-0.05, 0) is 24.8 Å². The van der Waals surface area contributed by atoms with Crippen LogP contribution in [-0.4, -0.2) is 33.5 Å². The number of hydrogen-bond donors (Lipinski definition) is 1. The summed E-state index contributed by atoms with van der Waals surface area (Å²) in [4.78, 5) is 23.2. The Balaban J connectivity index is 1.42. The molecule has 4 rings (SSSR count). The lowest BCUT2D eigenvalue weighted by Crippen LogP contribution is -2.47. The molecule has 0 unspecified atom stereocenters. The molecule has 0 spiro atoms. The van der Waals surface area contributed by atoms with Crippen molar-refractivity contribution >= 4 is 6.03 Å². The fourth-order valence-electron chi connectivity index (χ4n) is 3.78. The molecule has 1 fully saturated rings. The van der Waals surface area contributed by atoms with Crippen molar-refractivity contribution in [2.45, 2.75) is 37.8 Å². The molecule has 2 amide bonds. The van der Waals surface area contributed by atoms with Crippen LogP contribution in [0.3, 0.4) is 0 Å². The van der Waals surface area contributed by atoms with Crippen molar-refractivity contribution < 1.29 is 4.79 Å². The van der Waals surface area contributed by atoms with Gasteiger partial charge in [0.05, 0.1) is 11.7 Å². The van der Waals surface area contributed by atoms with E-state index < -0.39 is 0 Å². The molecule has 0 saturated carbocycles. The zero-order valence-electron chi connectivity index (χ0n) is 13.0. The van der Waals surface area contributed by atoms with Gasteiger partial charge in [0.25, 0.3) is 0 Å². The maximum Gasteiger partial charge on any atom is 0.318 e. The number of benzene rings is 1. The van der Waals surface area contributed by atoms with Gasteiger partial charge in [0, 0.05) is 30.8 Å². The first-order chi connectivity index (χ1) is 11.3. The van der Waals surface area contributed by atoms with Gasteiger partial charge >= 0.3 is 6.03 Å². The van der Waals surface area contributed by atoms with Gasteiger partial charge < -0.3 is 10.2 Å². The van der Waals surface area contributed by atoms with E-state index >= 15 is 0 Å². The summed E-state index contributed by atoms with van der Waals surface area (Å²) in [5.74, 6) is 0. The molecule has 0 radical (unpaired) electrons. The highest BCUT2D eigenvalue weighted by molar-refractivity contribution is 5.76. The van der Waals surface area contributed by atoms with Gasteiger partial charge in [0.15, 0.2) is 0 Å². The zero-order valence-corrected chi connectivity index (χ0v) is 13.0. The Hall–Kier alpha value is -2.43. The number of fused-ring (bicyclic) bond motifs is 4. The predicted molar refractivity (Wildman–Crippen MR) is 86.9 cm³/mol. The number of amides is 2. The lowest BCUT2D eigenvalue weighted by atomic mass is 10.00. The average Bonchev–Trinajstić information content (AvgIpc) is 2.91. The van der Waals surface area contributed by atoms with Crippen molar-refractivity contribution in [3.8, 4) is 0 Å². The number of nitrogens with zero attached hydrogens (tertiary/aromatic N) is 3. The van der Waals surface area contributed by atoms with Crippen LogP contribution in [0.25, 0.3) is 0 Å². The number of aromatic nitrogens is 2. The first kappa shape index (κ1) is 14.2. The zero-order chi connectivity index (χ0) is 15.6. The molecule has 5 nitrogen and oxygen atoms in total. The molecule has 2 aliphatic heterocycles. The van der Waals surface area contributed by atoms with Crippen LogP contribution in [0, 0.1) is 0 Å². The quantitative estimate of drug-likeness (QED) is 0.948. The van der Waals surface area contributed by atoms with Crippen molar-refractivity contribution in [2.24, 2.45) is 0 Å². The predicted octanol–water partition coefficient (Wildman–Crippen LogP) is 2.49. The van der Waals surface area contributed by atoms with Crippen molar-refractivity contribution in [3.63, 3.8) is 0 Å². The van der Waals surface area contributed by atoms with Gasteiger partial charge in [-0.3, -0.25) is 0 Å². The first-order valence-electron chi connectivity index (χ1n) is 8.22. The fourth-order valence-corrected chi connectivity index (χ4v) is 3.78. The van der Waals surface area contributed by atoms with E-state index in [0.29, 0.717) is 6.54 Å². The third-order valence-corrected chi connectivity index (χ3v) is 4.88. The van der Waals surface area contributed by atoms with E-state index in [2.05, 4.69) is 27.4 Å². The first-order valence-corrected chi connectivity index (χ1v) is 8.22. The van der Waals surface area contributed by atoms with Crippen LogP contribution in [0.1, 0.15) is 35.7 Å². The molecule has 1 aromatic carbocycles. The molecular formula is C18H20N4O. The van der Waals surface area contributed by atoms with Crippen LogP contribution < -0.4 is 5.32 Å². The topological polar surface area (TPSA) is 58.1 Å². The number of urea groups is 1. The minimum Gasteiger partial charge on any atom is -0.338 e. The van der Waals surface area contributed by atoms with Gasteiger partial charge in [0.2, 0.25) is 0 Å². The summed E-state index contributed by atoms with van der Waals surface area (Å²) in [5.41, 5.74) is 3.48. The van der Waals surface area contributed by atoms with Gasteiger partial charge in [0.1, 0.15) is 6.33 Å². The third kappa shape index (κ3) is 2.67. The van der Waals surface area contributed by atoms with E-state index in [4.69, 9.17) is 0 Å². The maximum atomic E-state index is 12.6. The van der Waals surface area contributed by atoms with Crippen molar-refractivity contribution in [2.75, 3.05) is 6.54 Å². The maximum absolute atomic E-state index is 12.6. The normalized spacial score (nSPS) is 21.8. The summed E-state index contributed by atoms with van der Waals surface area (Å²) < 4.78 is 0. The van der Waals surface area contributed by atoms with Crippen LogP contribution in [0.5, 0.6) is 0 Å². The Morgan fingerprint density at radius 2 is 2.13 bits per heavy atom. The van der Waals surface area contributed by atoms with E-state index in [9.17, 15) is 4.79 Å². The smallest absolute Gasteiger partial charge is 0.318 e. The van der Waals surface area contributed by atoms with E-state index in [0.717, 1.165) is 36.9 Å². The molecule has 1 N–H and O–H groups in total. The molecule has 1 aromatic heterocycles. The van der Waals surface area contributed by atoms with Crippen molar-refractivity contribution in [1.29, 1.82) is 0 Å². The highest BCUT2D eigenvalue weighted by atomic mass is 16.2. The minimum atomic E-state index is 0.0444. The van der Waals surface area contributed by atoms with E-state index in [1.165, 1.54) is 5.56 Å². The standard InChI is InChI=1S/C18H20N4O/c23-18(20-9-8-13-4-2-1-3-5-13)22-14-6-7-17(22)15-11-19-12-21-16(15)10-14/h1-5,11-12,14,17H,6-10H2,(H,20,23)/t14-,17+/m0/s1. The summed E-state index contributed by atoms with van der Waals surface area (Å²) in [6.45, 7) is 0.664. The highest BCUT2D eigenvalue weighted by Gasteiger charge is 2.43. The molecule has 2 aromatic rings. The molecule has 1 saturated heterocycles. The van der Waals surface area contributed by atoms with E-state index in [-0.39, 0.29) is 18.1 Å². The molecule has 118 valence electrons. The van der Waals surface area contributed by atoms with Crippen LogP contribution in [-0.2, 0) is 12.8 Å². The monoisotopic (exact) mass is 308 g/mol. The Morgan fingerprint density at radius 3 is 3.00 bits per heavy atom. The number of hydrogen-bond acceptors (Lipinski definition) is 3. The second-order valence-corrected chi connectivity index (χ2v) is 6.25. The van der Waals surface area contributed by atoms with Gasteiger partial charge in [-0.1, -0.05) is 30.3 Å². The SMILES string of the molecule is O=C(NCCc1ccccc1)N1[C@H]2CC[C@@H]1c1cncnc1C2. The fraction of sp³-hybridized carbons (Fsp3) is 0.389. The Morgan fingerprint density at radius 1 is 1.26 bits per heavy atom. The van der Waals surface area contributed by atoms with Crippen molar-refractivity contribution in [1.82, 2.24) is 20.2 Å². The molecular weight excluding hydrogens is 288 g/mol. The van der Waals surface area contributed by atoms with E-state index in [1.54, 1.807) is 6.33 Å². The summed E-state index contributed by atoms with van der Waals surface area (Å²) in [6.07, 6.45) is 7.24. The van der Waals surface area contributed by atoms with E-state index in [1.807, 2.05) is 29.3 Å². The minimum absolute atomic E-state index is 0.0444. The number of rotatable bonds is 3. The Labute approximate surface area is 135 Å². The van der Waals surface area contributed by atoms with Gasteiger partial charge in [-0.25, -0.2) is 14.8 Å².